The third-order valence-electron chi connectivity index (χ3n) is 4.59. The van der Waals surface area contributed by atoms with Gasteiger partial charge in [-0.1, -0.05) is 12.1 Å². The van der Waals surface area contributed by atoms with Crippen molar-refractivity contribution in [3.63, 3.8) is 0 Å². The van der Waals surface area contributed by atoms with Crippen LogP contribution in [0, 0.1) is 5.92 Å². The third-order valence-corrected chi connectivity index (χ3v) is 4.59. The Labute approximate surface area is 134 Å². The Morgan fingerprint density at radius 1 is 1.04 bits per heavy atom. The number of benzene rings is 1. The van der Waals surface area contributed by atoms with Crippen molar-refractivity contribution in [2.24, 2.45) is 5.92 Å². The number of piperidine rings is 1. The molecule has 0 aromatic heterocycles. The molecule has 6 heteroatoms. The Hall–Kier alpha value is -2.50. The van der Waals surface area contributed by atoms with Gasteiger partial charge in [0, 0.05) is 19.0 Å². The second kappa shape index (κ2) is 5.95. The summed E-state index contributed by atoms with van der Waals surface area (Å²) in [5.74, 6) is -0.924. The fourth-order valence-electron chi connectivity index (χ4n) is 3.15. The van der Waals surface area contributed by atoms with Crippen LogP contribution in [0.25, 0.3) is 0 Å². The molecule has 120 valence electrons. The molecule has 0 radical (unpaired) electrons. The van der Waals surface area contributed by atoms with Crippen LogP contribution in [0.3, 0.4) is 0 Å². The fraction of sp³-hybridized carbons (Fsp3) is 0.412. The minimum absolute atomic E-state index is 0.0124. The minimum Gasteiger partial charge on any atom is -0.341 e. The number of carbonyl (C=O) groups is 4. The molecule has 2 heterocycles. The first-order valence-corrected chi connectivity index (χ1v) is 7.72. The van der Waals surface area contributed by atoms with E-state index in [9.17, 15) is 19.2 Å². The predicted molar refractivity (Wildman–Crippen MR) is 81.8 cm³/mol. The van der Waals surface area contributed by atoms with E-state index in [0.717, 1.165) is 4.90 Å². The van der Waals surface area contributed by atoms with E-state index in [1.165, 1.54) is 0 Å². The number of rotatable bonds is 3. The van der Waals surface area contributed by atoms with Gasteiger partial charge in [0.05, 0.1) is 11.1 Å². The quantitative estimate of drug-likeness (QED) is 0.783. The number of hydrogen-bond acceptors (Lipinski definition) is 4. The van der Waals surface area contributed by atoms with Gasteiger partial charge in [0.2, 0.25) is 5.91 Å². The topological polar surface area (TPSA) is 74.8 Å². The summed E-state index contributed by atoms with van der Waals surface area (Å²) in [6, 6.07) is 6.58. The van der Waals surface area contributed by atoms with Crippen molar-refractivity contribution in [1.82, 2.24) is 9.80 Å². The lowest BCUT2D eigenvalue weighted by atomic mass is 9.93. The first kappa shape index (κ1) is 15.4. The molecule has 0 spiro atoms. The Morgan fingerprint density at radius 3 is 2.04 bits per heavy atom. The normalized spacial score (nSPS) is 18.3. The predicted octanol–water partition coefficient (Wildman–Crippen LogP) is 1.11. The Kier molecular flexibility index (Phi) is 3.98. The molecule has 1 aromatic rings. The van der Waals surface area contributed by atoms with Crippen LogP contribution >= 0.6 is 0 Å². The number of imide groups is 1. The molecule has 2 aliphatic rings. The molecule has 0 N–H and O–H groups in total. The summed E-state index contributed by atoms with van der Waals surface area (Å²) < 4.78 is 0. The maximum absolute atomic E-state index is 12.4. The van der Waals surface area contributed by atoms with E-state index in [2.05, 4.69) is 0 Å². The number of carbonyl (C=O) groups excluding carboxylic acids is 4. The van der Waals surface area contributed by atoms with Crippen LogP contribution in [0.1, 0.15) is 40.5 Å². The first-order valence-electron chi connectivity index (χ1n) is 7.72. The Bertz CT molecular complexity index is 655. The van der Waals surface area contributed by atoms with Gasteiger partial charge in [-0.15, -0.1) is 0 Å². The zero-order valence-electron chi connectivity index (χ0n) is 12.9. The molecule has 2 aliphatic heterocycles. The molecular weight excluding hydrogens is 296 g/mol. The number of ketones is 1. The van der Waals surface area contributed by atoms with Crippen LogP contribution in [-0.2, 0) is 9.59 Å². The van der Waals surface area contributed by atoms with Gasteiger partial charge in [0.1, 0.15) is 12.3 Å². The summed E-state index contributed by atoms with van der Waals surface area (Å²) in [5, 5.41) is 0. The molecular formula is C17H18N2O4. The highest BCUT2D eigenvalue weighted by molar-refractivity contribution is 6.22. The zero-order valence-corrected chi connectivity index (χ0v) is 12.9. The van der Waals surface area contributed by atoms with E-state index < -0.39 is 11.8 Å². The van der Waals surface area contributed by atoms with Gasteiger partial charge in [-0.05, 0) is 31.9 Å². The SMILES string of the molecule is CC(=O)C1CCN(C(=O)CN2C(=O)c3ccccc3C2=O)CC1. The van der Waals surface area contributed by atoms with Crippen LogP contribution in [0.15, 0.2) is 24.3 Å². The average Bonchev–Trinajstić information content (AvgIpc) is 2.80. The smallest absolute Gasteiger partial charge is 0.262 e. The van der Waals surface area contributed by atoms with Gasteiger partial charge in [-0.3, -0.25) is 24.1 Å². The molecule has 3 amide bonds. The number of amides is 3. The van der Waals surface area contributed by atoms with Crippen LogP contribution in [0.4, 0.5) is 0 Å². The molecule has 0 unspecified atom stereocenters. The highest BCUT2D eigenvalue weighted by atomic mass is 16.2. The second-order valence-electron chi connectivity index (χ2n) is 6.01. The number of Topliss-reactive ketones (excluding diaryl/α,β-unsaturated/α-hetero) is 1. The van der Waals surface area contributed by atoms with Gasteiger partial charge < -0.3 is 4.90 Å². The molecule has 0 bridgehead atoms. The van der Waals surface area contributed by atoms with E-state index in [1.807, 2.05) is 0 Å². The molecule has 0 atom stereocenters. The van der Waals surface area contributed by atoms with Gasteiger partial charge in [0.15, 0.2) is 0 Å². The van der Waals surface area contributed by atoms with E-state index in [-0.39, 0.29) is 24.2 Å². The van der Waals surface area contributed by atoms with Crippen molar-refractivity contribution in [1.29, 1.82) is 0 Å². The van der Waals surface area contributed by atoms with E-state index in [1.54, 1.807) is 36.1 Å². The van der Waals surface area contributed by atoms with E-state index in [4.69, 9.17) is 0 Å². The van der Waals surface area contributed by atoms with E-state index >= 15 is 0 Å². The standard InChI is InChI=1S/C17H18N2O4/c1-11(20)12-6-8-18(9-7-12)15(21)10-19-16(22)13-4-2-3-5-14(13)17(19)23/h2-5,12H,6-10H2,1H3. The first-order chi connectivity index (χ1) is 11.0. The van der Waals surface area contributed by atoms with Crippen LogP contribution in [0.2, 0.25) is 0 Å². The fourth-order valence-corrected chi connectivity index (χ4v) is 3.15. The Balaban J connectivity index is 1.65. The number of fused-ring (bicyclic) bond motifs is 1. The van der Waals surface area contributed by atoms with Crippen LogP contribution in [-0.4, -0.2) is 52.9 Å². The molecule has 3 rings (SSSR count). The van der Waals surface area contributed by atoms with Gasteiger partial charge in [-0.25, -0.2) is 0 Å². The Morgan fingerprint density at radius 2 is 1.57 bits per heavy atom. The molecule has 0 aliphatic carbocycles. The number of hydrogen-bond donors (Lipinski definition) is 0. The summed E-state index contributed by atoms with van der Waals surface area (Å²) in [6.45, 7) is 2.32. The van der Waals surface area contributed by atoms with Gasteiger partial charge in [0.25, 0.3) is 11.8 Å². The second-order valence-corrected chi connectivity index (χ2v) is 6.01. The number of likely N-dealkylation sites (tertiary alicyclic amines) is 1. The lowest BCUT2D eigenvalue weighted by molar-refractivity contribution is -0.134. The van der Waals surface area contributed by atoms with Crippen molar-refractivity contribution in [2.75, 3.05) is 19.6 Å². The van der Waals surface area contributed by atoms with E-state index in [0.29, 0.717) is 37.1 Å². The summed E-state index contributed by atoms with van der Waals surface area (Å²) in [4.78, 5) is 50.9. The maximum atomic E-state index is 12.4. The molecule has 1 saturated heterocycles. The van der Waals surface area contributed by atoms with Crippen molar-refractivity contribution >= 4 is 23.5 Å². The van der Waals surface area contributed by atoms with Crippen molar-refractivity contribution in [2.45, 2.75) is 19.8 Å². The lowest BCUT2D eigenvalue weighted by Gasteiger charge is -2.31. The molecule has 1 fully saturated rings. The maximum Gasteiger partial charge on any atom is 0.262 e. The lowest BCUT2D eigenvalue weighted by Crippen LogP contribution is -2.46. The van der Waals surface area contributed by atoms with Crippen LogP contribution < -0.4 is 0 Å². The average molecular weight is 314 g/mol. The van der Waals surface area contributed by atoms with Crippen molar-refractivity contribution in [3.05, 3.63) is 35.4 Å². The van der Waals surface area contributed by atoms with Crippen molar-refractivity contribution in [3.8, 4) is 0 Å². The largest absolute Gasteiger partial charge is 0.341 e. The highest BCUT2D eigenvalue weighted by Gasteiger charge is 2.37. The molecule has 23 heavy (non-hydrogen) atoms. The summed E-state index contributed by atoms with van der Waals surface area (Å²) in [5.41, 5.74) is 0.696. The molecule has 1 aromatic carbocycles. The van der Waals surface area contributed by atoms with Crippen molar-refractivity contribution < 1.29 is 19.2 Å². The van der Waals surface area contributed by atoms with Crippen LogP contribution in [0.5, 0.6) is 0 Å². The molecule has 0 saturated carbocycles. The van der Waals surface area contributed by atoms with Gasteiger partial charge >= 0.3 is 0 Å². The number of nitrogens with zero attached hydrogens (tertiary/aromatic N) is 2. The monoisotopic (exact) mass is 314 g/mol. The zero-order chi connectivity index (χ0) is 16.6. The molecule has 6 nitrogen and oxygen atoms in total. The summed E-state index contributed by atoms with van der Waals surface area (Å²) in [6.07, 6.45) is 1.28. The minimum atomic E-state index is -0.419. The summed E-state index contributed by atoms with van der Waals surface area (Å²) >= 11 is 0. The van der Waals surface area contributed by atoms with Gasteiger partial charge in [-0.2, -0.15) is 0 Å². The third kappa shape index (κ3) is 2.76. The highest BCUT2D eigenvalue weighted by Crippen LogP contribution is 2.23. The summed E-state index contributed by atoms with van der Waals surface area (Å²) in [7, 11) is 0.